The minimum Gasteiger partial charge on any atom is -0.354 e. The van der Waals surface area contributed by atoms with Crippen LogP contribution in [0.1, 0.15) is 43.9 Å². The van der Waals surface area contributed by atoms with Crippen LogP contribution in [-0.4, -0.2) is 50.5 Å². The van der Waals surface area contributed by atoms with Gasteiger partial charge in [0.15, 0.2) is 0 Å². The van der Waals surface area contributed by atoms with Crippen molar-refractivity contribution in [2.45, 2.75) is 53.6 Å². The van der Waals surface area contributed by atoms with E-state index in [0.29, 0.717) is 29.2 Å². The Morgan fingerprint density at radius 1 is 1.06 bits per heavy atom. The first-order valence-corrected chi connectivity index (χ1v) is 13.9. The molecule has 1 unspecified atom stereocenters. The number of anilines is 1. The maximum Gasteiger partial charge on any atom is 0.244 e. The molecule has 1 N–H and O–H groups in total. The first-order chi connectivity index (χ1) is 16.3. The number of hydrogen-bond acceptors (Lipinski definition) is 4. The fraction of sp³-hybridized carbons (Fsp3) is 0.462. The van der Waals surface area contributed by atoms with Gasteiger partial charge in [-0.1, -0.05) is 68.3 Å². The number of hydrogen-bond donors (Lipinski definition) is 1. The Balaban J connectivity index is 2.45. The number of benzene rings is 2. The van der Waals surface area contributed by atoms with Gasteiger partial charge in [0, 0.05) is 18.1 Å². The van der Waals surface area contributed by atoms with E-state index in [9.17, 15) is 18.0 Å². The van der Waals surface area contributed by atoms with Gasteiger partial charge in [-0.3, -0.25) is 13.9 Å². The van der Waals surface area contributed by atoms with Crippen LogP contribution < -0.4 is 9.62 Å². The van der Waals surface area contributed by atoms with Gasteiger partial charge in [-0.2, -0.15) is 0 Å². The van der Waals surface area contributed by atoms with Crippen LogP contribution in [0.15, 0.2) is 42.5 Å². The van der Waals surface area contributed by atoms with E-state index in [2.05, 4.69) is 5.32 Å². The molecule has 0 spiro atoms. The molecule has 0 radical (unpaired) electrons. The van der Waals surface area contributed by atoms with Crippen LogP contribution in [0.3, 0.4) is 0 Å². The zero-order chi connectivity index (χ0) is 26.3. The molecule has 0 aliphatic carbocycles. The molecule has 2 aromatic rings. The predicted molar refractivity (Wildman–Crippen MR) is 142 cm³/mol. The second kappa shape index (κ2) is 12.4. The number of halogens is 1. The van der Waals surface area contributed by atoms with E-state index >= 15 is 0 Å². The van der Waals surface area contributed by atoms with E-state index in [1.807, 2.05) is 52.0 Å². The number of carbonyl (C=O) groups is 2. The Morgan fingerprint density at radius 2 is 1.69 bits per heavy atom. The molecule has 2 amide bonds. The Hall–Kier alpha value is -2.58. The van der Waals surface area contributed by atoms with Crippen LogP contribution in [-0.2, 0) is 26.2 Å². The Bertz CT molecular complexity index is 1130. The van der Waals surface area contributed by atoms with Crippen molar-refractivity contribution in [2.75, 3.05) is 23.7 Å². The Morgan fingerprint density at radius 3 is 2.23 bits per heavy atom. The lowest BCUT2D eigenvalue weighted by atomic mass is 10.1. The monoisotopic (exact) mass is 521 g/mol. The molecule has 0 aromatic heterocycles. The highest BCUT2D eigenvalue weighted by Crippen LogP contribution is 2.28. The molecule has 2 rings (SSSR count). The largest absolute Gasteiger partial charge is 0.354 e. The smallest absolute Gasteiger partial charge is 0.244 e. The zero-order valence-electron chi connectivity index (χ0n) is 21.3. The summed E-state index contributed by atoms with van der Waals surface area (Å²) in [5.41, 5.74) is 2.82. The standard InChI is InChI=1S/C26H36ClN3O4S/c1-7-23(26(32)28-15-18(2)3)29(16-21-13-11-19(4)12-14-21)25(31)17-30(35(6,33)34)24-10-8-9-22(27)20(24)5/h8-14,18,23H,7,15-17H2,1-6H3,(H,28,32). The molecule has 2 aromatic carbocycles. The van der Waals surface area contributed by atoms with E-state index in [0.717, 1.165) is 21.7 Å². The molecule has 192 valence electrons. The van der Waals surface area contributed by atoms with Gasteiger partial charge in [-0.05, 0) is 49.4 Å². The van der Waals surface area contributed by atoms with Crippen LogP contribution in [0, 0.1) is 19.8 Å². The van der Waals surface area contributed by atoms with Crippen LogP contribution >= 0.6 is 11.6 Å². The molecule has 0 fully saturated rings. The first-order valence-electron chi connectivity index (χ1n) is 11.7. The number of amides is 2. The highest BCUT2D eigenvalue weighted by Gasteiger charge is 2.32. The third-order valence-electron chi connectivity index (χ3n) is 5.73. The molecule has 0 aliphatic heterocycles. The van der Waals surface area contributed by atoms with Crippen molar-refractivity contribution in [3.05, 3.63) is 64.2 Å². The quantitative estimate of drug-likeness (QED) is 0.477. The van der Waals surface area contributed by atoms with E-state index in [1.165, 1.54) is 4.90 Å². The summed E-state index contributed by atoms with van der Waals surface area (Å²) in [7, 11) is -3.81. The minimum absolute atomic E-state index is 0.179. The van der Waals surface area contributed by atoms with Crippen LogP contribution in [0.5, 0.6) is 0 Å². The van der Waals surface area contributed by atoms with Gasteiger partial charge in [0.25, 0.3) is 0 Å². The average Bonchev–Trinajstić information content (AvgIpc) is 2.78. The van der Waals surface area contributed by atoms with Gasteiger partial charge in [-0.25, -0.2) is 8.42 Å². The molecule has 0 saturated carbocycles. The normalized spacial score (nSPS) is 12.3. The third-order valence-corrected chi connectivity index (χ3v) is 7.27. The summed E-state index contributed by atoms with van der Waals surface area (Å²) in [6, 6.07) is 11.9. The van der Waals surface area contributed by atoms with E-state index in [-0.39, 0.29) is 18.4 Å². The van der Waals surface area contributed by atoms with E-state index in [4.69, 9.17) is 11.6 Å². The maximum absolute atomic E-state index is 13.7. The SMILES string of the molecule is CCC(C(=O)NCC(C)C)N(Cc1ccc(C)cc1)C(=O)CN(c1cccc(Cl)c1C)S(C)(=O)=O. The summed E-state index contributed by atoms with van der Waals surface area (Å²) in [5, 5.41) is 3.32. The summed E-state index contributed by atoms with van der Waals surface area (Å²) >= 11 is 6.23. The van der Waals surface area contributed by atoms with Crippen molar-refractivity contribution in [2.24, 2.45) is 5.92 Å². The number of carbonyl (C=O) groups excluding carboxylic acids is 2. The second-order valence-electron chi connectivity index (χ2n) is 9.22. The summed E-state index contributed by atoms with van der Waals surface area (Å²) < 4.78 is 26.5. The van der Waals surface area contributed by atoms with Crippen molar-refractivity contribution < 1.29 is 18.0 Å². The van der Waals surface area contributed by atoms with Crippen LogP contribution in [0.2, 0.25) is 5.02 Å². The molecular formula is C26H36ClN3O4S. The van der Waals surface area contributed by atoms with Gasteiger partial charge in [0.1, 0.15) is 12.6 Å². The minimum atomic E-state index is -3.81. The highest BCUT2D eigenvalue weighted by atomic mass is 35.5. The van der Waals surface area contributed by atoms with Crippen molar-refractivity contribution in [3.8, 4) is 0 Å². The molecule has 0 saturated heterocycles. The number of rotatable bonds is 11. The van der Waals surface area contributed by atoms with Crippen molar-refractivity contribution in [1.29, 1.82) is 0 Å². The van der Waals surface area contributed by atoms with Crippen molar-refractivity contribution >= 4 is 39.1 Å². The fourth-order valence-corrected chi connectivity index (χ4v) is 4.76. The fourth-order valence-electron chi connectivity index (χ4n) is 3.69. The van der Waals surface area contributed by atoms with Crippen LogP contribution in [0.25, 0.3) is 0 Å². The number of nitrogens with one attached hydrogen (secondary N) is 1. The van der Waals surface area contributed by atoms with Crippen molar-refractivity contribution in [3.63, 3.8) is 0 Å². The summed E-state index contributed by atoms with van der Waals surface area (Å²) in [6.07, 6.45) is 1.44. The molecule has 0 heterocycles. The lowest BCUT2D eigenvalue weighted by Gasteiger charge is -2.33. The summed E-state index contributed by atoms with van der Waals surface area (Å²) in [5.74, 6) is -0.474. The Kier molecular flexibility index (Phi) is 10.2. The van der Waals surface area contributed by atoms with Gasteiger partial charge >= 0.3 is 0 Å². The molecule has 0 bridgehead atoms. The van der Waals surface area contributed by atoms with Gasteiger partial charge < -0.3 is 10.2 Å². The van der Waals surface area contributed by atoms with E-state index in [1.54, 1.807) is 25.1 Å². The van der Waals surface area contributed by atoms with E-state index < -0.39 is 28.5 Å². The number of nitrogens with zero attached hydrogens (tertiary/aromatic N) is 2. The van der Waals surface area contributed by atoms with Gasteiger partial charge in [0.2, 0.25) is 21.8 Å². The summed E-state index contributed by atoms with van der Waals surface area (Å²) in [6.45, 7) is 9.72. The average molecular weight is 522 g/mol. The van der Waals surface area contributed by atoms with Crippen molar-refractivity contribution in [1.82, 2.24) is 10.2 Å². The first kappa shape index (κ1) is 28.7. The number of sulfonamides is 1. The lowest BCUT2D eigenvalue weighted by Crippen LogP contribution is -2.52. The lowest BCUT2D eigenvalue weighted by molar-refractivity contribution is -0.140. The maximum atomic E-state index is 13.7. The zero-order valence-corrected chi connectivity index (χ0v) is 22.9. The second-order valence-corrected chi connectivity index (χ2v) is 11.5. The number of aryl methyl sites for hydroxylation is 1. The molecule has 7 nitrogen and oxygen atoms in total. The Labute approximate surface area is 214 Å². The molecule has 35 heavy (non-hydrogen) atoms. The topological polar surface area (TPSA) is 86.8 Å². The highest BCUT2D eigenvalue weighted by molar-refractivity contribution is 7.92. The van der Waals surface area contributed by atoms with Gasteiger partial charge in [-0.15, -0.1) is 0 Å². The molecule has 9 heteroatoms. The summed E-state index contributed by atoms with van der Waals surface area (Å²) in [4.78, 5) is 28.2. The van der Waals surface area contributed by atoms with Crippen LogP contribution in [0.4, 0.5) is 5.69 Å². The molecular weight excluding hydrogens is 486 g/mol. The molecule has 1 atom stereocenters. The predicted octanol–water partition coefficient (Wildman–Crippen LogP) is 4.30. The third kappa shape index (κ3) is 7.97. The molecule has 0 aliphatic rings. The van der Waals surface area contributed by atoms with Gasteiger partial charge in [0.05, 0.1) is 11.9 Å².